The summed E-state index contributed by atoms with van der Waals surface area (Å²) in [6.07, 6.45) is -2.81. The zero-order chi connectivity index (χ0) is 13.1. The molecule has 0 aromatic carbocycles. The number of aromatic nitrogens is 2. The minimum Gasteiger partial charge on any atom is -0.351 e. The van der Waals surface area contributed by atoms with E-state index < -0.39 is 17.8 Å². The first-order valence-electron chi connectivity index (χ1n) is 5.25. The third-order valence-corrected chi connectivity index (χ3v) is 2.22. The number of nitrogens with one attached hydrogen (secondary N) is 1. The molecule has 0 saturated heterocycles. The van der Waals surface area contributed by atoms with Crippen molar-refractivity contribution >= 4 is 5.91 Å². The number of unbranched alkanes of at least 4 members (excludes halogenated alkanes) is 1. The van der Waals surface area contributed by atoms with Crippen LogP contribution in [0.5, 0.6) is 0 Å². The third-order valence-electron chi connectivity index (χ3n) is 2.22. The van der Waals surface area contributed by atoms with Gasteiger partial charge in [0.1, 0.15) is 5.69 Å². The summed E-state index contributed by atoms with van der Waals surface area (Å²) >= 11 is 0. The Balaban J connectivity index is 2.76. The monoisotopic (exact) mass is 249 g/mol. The number of amides is 1. The highest BCUT2D eigenvalue weighted by Gasteiger charge is 2.35. The Labute approximate surface area is 96.8 Å². The molecule has 1 rings (SSSR count). The summed E-state index contributed by atoms with van der Waals surface area (Å²) in [6, 6.07) is 0.751. The van der Waals surface area contributed by atoms with Crippen molar-refractivity contribution in [1.29, 1.82) is 0 Å². The summed E-state index contributed by atoms with van der Waals surface area (Å²) in [6.45, 7) is 2.39. The van der Waals surface area contributed by atoms with E-state index >= 15 is 0 Å². The van der Waals surface area contributed by atoms with Crippen molar-refractivity contribution in [3.63, 3.8) is 0 Å². The topological polar surface area (TPSA) is 46.9 Å². The standard InChI is InChI=1S/C10H14F3N3O/c1-3-4-5-14-9(17)7-6-8(10(11,12)13)16(2)15-7/h6H,3-5H2,1-2H3,(H,14,17). The molecule has 96 valence electrons. The van der Waals surface area contributed by atoms with Crippen LogP contribution >= 0.6 is 0 Å². The molecule has 0 fully saturated rings. The van der Waals surface area contributed by atoms with E-state index in [1.54, 1.807) is 0 Å². The maximum absolute atomic E-state index is 12.4. The first kappa shape index (κ1) is 13.5. The van der Waals surface area contributed by atoms with Crippen molar-refractivity contribution in [2.75, 3.05) is 6.54 Å². The normalized spacial score (nSPS) is 11.6. The van der Waals surface area contributed by atoms with Crippen molar-refractivity contribution in [2.24, 2.45) is 7.05 Å². The van der Waals surface area contributed by atoms with Gasteiger partial charge in [0.25, 0.3) is 5.91 Å². The Kier molecular flexibility index (Phi) is 4.14. The van der Waals surface area contributed by atoms with Gasteiger partial charge in [-0.1, -0.05) is 13.3 Å². The SMILES string of the molecule is CCCCNC(=O)c1cc(C(F)(F)F)n(C)n1. The van der Waals surface area contributed by atoms with E-state index in [1.807, 2.05) is 6.92 Å². The molecular weight excluding hydrogens is 235 g/mol. The van der Waals surface area contributed by atoms with Gasteiger partial charge in [-0.25, -0.2) is 0 Å². The van der Waals surface area contributed by atoms with E-state index in [2.05, 4.69) is 10.4 Å². The van der Waals surface area contributed by atoms with Crippen LogP contribution in [0.25, 0.3) is 0 Å². The first-order chi connectivity index (χ1) is 7.86. The summed E-state index contributed by atoms with van der Waals surface area (Å²) in [5.74, 6) is -0.579. The first-order valence-corrected chi connectivity index (χ1v) is 5.25. The van der Waals surface area contributed by atoms with Gasteiger partial charge in [0.2, 0.25) is 0 Å². The minimum absolute atomic E-state index is 0.212. The zero-order valence-corrected chi connectivity index (χ0v) is 9.64. The lowest BCUT2D eigenvalue weighted by atomic mass is 10.3. The van der Waals surface area contributed by atoms with Crippen molar-refractivity contribution in [1.82, 2.24) is 15.1 Å². The van der Waals surface area contributed by atoms with Gasteiger partial charge in [0.05, 0.1) is 0 Å². The molecule has 0 aliphatic rings. The Morgan fingerprint density at radius 1 is 1.53 bits per heavy atom. The molecule has 0 spiro atoms. The van der Waals surface area contributed by atoms with Crippen LogP contribution in [0.3, 0.4) is 0 Å². The van der Waals surface area contributed by atoms with Gasteiger partial charge in [0.15, 0.2) is 5.69 Å². The summed E-state index contributed by atoms with van der Waals surface area (Å²) in [7, 11) is 1.16. The summed E-state index contributed by atoms with van der Waals surface area (Å²) in [4.78, 5) is 11.5. The van der Waals surface area contributed by atoms with E-state index in [9.17, 15) is 18.0 Å². The molecule has 1 amide bonds. The number of carbonyl (C=O) groups is 1. The Bertz CT molecular complexity index is 398. The molecule has 1 aromatic heterocycles. The fourth-order valence-electron chi connectivity index (χ4n) is 1.31. The largest absolute Gasteiger partial charge is 0.433 e. The van der Waals surface area contributed by atoms with Crippen LogP contribution in [0.15, 0.2) is 6.07 Å². The van der Waals surface area contributed by atoms with Gasteiger partial charge in [-0.3, -0.25) is 9.48 Å². The van der Waals surface area contributed by atoms with Crippen LogP contribution in [0.4, 0.5) is 13.2 Å². The Morgan fingerprint density at radius 3 is 2.65 bits per heavy atom. The predicted molar refractivity (Wildman–Crippen MR) is 55.5 cm³/mol. The Hall–Kier alpha value is -1.53. The number of alkyl halides is 3. The molecule has 0 saturated carbocycles. The van der Waals surface area contributed by atoms with Gasteiger partial charge in [-0.15, -0.1) is 0 Å². The molecule has 1 heterocycles. The predicted octanol–water partition coefficient (Wildman–Crippen LogP) is 1.97. The van der Waals surface area contributed by atoms with E-state index in [0.717, 1.165) is 26.0 Å². The average Bonchev–Trinajstić information content (AvgIpc) is 2.60. The molecule has 0 unspecified atom stereocenters. The lowest BCUT2D eigenvalue weighted by molar-refractivity contribution is -0.143. The molecule has 0 atom stereocenters. The molecule has 17 heavy (non-hydrogen) atoms. The van der Waals surface area contributed by atoms with Crippen LogP contribution in [0.2, 0.25) is 0 Å². The van der Waals surface area contributed by atoms with Crippen molar-refractivity contribution < 1.29 is 18.0 Å². The fraction of sp³-hybridized carbons (Fsp3) is 0.600. The van der Waals surface area contributed by atoms with Crippen LogP contribution in [0, 0.1) is 0 Å². The second-order valence-corrected chi connectivity index (χ2v) is 3.65. The maximum atomic E-state index is 12.4. The van der Waals surface area contributed by atoms with Gasteiger partial charge >= 0.3 is 6.18 Å². The second kappa shape index (κ2) is 5.20. The summed E-state index contributed by atoms with van der Waals surface area (Å²) in [5, 5.41) is 6.05. The number of hydrogen-bond acceptors (Lipinski definition) is 2. The van der Waals surface area contributed by atoms with E-state index in [0.29, 0.717) is 11.2 Å². The van der Waals surface area contributed by atoms with Crippen molar-refractivity contribution in [2.45, 2.75) is 25.9 Å². The molecule has 1 aromatic rings. The van der Waals surface area contributed by atoms with Crippen LogP contribution < -0.4 is 5.32 Å². The van der Waals surface area contributed by atoms with Crippen molar-refractivity contribution in [3.05, 3.63) is 17.5 Å². The molecule has 0 aliphatic carbocycles. The number of hydrogen-bond donors (Lipinski definition) is 1. The van der Waals surface area contributed by atoms with Crippen LogP contribution in [0.1, 0.15) is 35.9 Å². The maximum Gasteiger partial charge on any atom is 0.433 e. The lowest BCUT2D eigenvalue weighted by Gasteiger charge is -2.04. The van der Waals surface area contributed by atoms with E-state index in [-0.39, 0.29) is 5.69 Å². The van der Waals surface area contributed by atoms with Gasteiger partial charge in [-0.2, -0.15) is 18.3 Å². The van der Waals surface area contributed by atoms with Gasteiger partial charge in [0, 0.05) is 19.7 Å². The third kappa shape index (κ3) is 3.47. The quantitative estimate of drug-likeness (QED) is 0.829. The highest BCUT2D eigenvalue weighted by Crippen LogP contribution is 2.29. The molecule has 1 N–H and O–H groups in total. The Morgan fingerprint density at radius 2 is 2.18 bits per heavy atom. The number of nitrogens with zero attached hydrogens (tertiary/aromatic N) is 2. The lowest BCUT2D eigenvalue weighted by Crippen LogP contribution is -2.24. The van der Waals surface area contributed by atoms with E-state index in [1.165, 1.54) is 0 Å². The number of aryl methyl sites for hydroxylation is 1. The van der Waals surface area contributed by atoms with Crippen molar-refractivity contribution in [3.8, 4) is 0 Å². The highest BCUT2D eigenvalue weighted by molar-refractivity contribution is 5.92. The molecule has 4 nitrogen and oxygen atoms in total. The fourth-order valence-corrected chi connectivity index (χ4v) is 1.31. The molecule has 0 bridgehead atoms. The summed E-state index contributed by atoms with van der Waals surface area (Å²) in [5.41, 5.74) is -1.14. The number of rotatable bonds is 4. The van der Waals surface area contributed by atoms with E-state index in [4.69, 9.17) is 0 Å². The van der Waals surface area contributed by atoms with Crippen LogP contribution in [-0.2, 0) is 13.2 Å². The zero-order valence-electron chi connectivity index (χ0n) is 9.64. The van der Waals surface area contributed by atoms with Gasteiger partial charge in [-0.05, 0) is 6.42 Å². The number of halogens is 3. The summed E-state index contributed by atoms with van der Waals surface area (Å²) < 4.78 is 38.0. The molecule has 0 aliphatic heterocycles. The second-order valence-electron chi connectivity index (χ2n) is 3.65. The number of carbonyl (C=O) groups excluding carboxylic acids is 1. The van der Waals surface area contributed by atoms with Gasteiger partial charge < -0.3 is 5.32 Å². The highest BCUT2D eigenvalue weighted by atomic mass is 19.4. The van der Waals surface area contributed by atoms with Crippen LogP contribution in [-0.4, -0.2) is 22.2 Å². The minimum atomic E-state index is -4.50. The smallest absolute Gasteiger partial charge is 0.351 e. The molecule has 7 heteroatoms. The molecular formula is C10H14F3N3O. The average molecular weight is 249 g/mol. The molecule has 0 radical (unpaired) electrons.